The van der Waals surface area contributed by atoms with Gasteiger partial charge in [0.1, 0.15) is 10.9 Å². The van der Waals surface area contributed by atoms with Crippen molar-refractivity contribution in [3.8, 4) is 5.75 Å². The molecule has 212 valence electrons. The van der Waals surface area contributed by atoms with Gasteiger partial charge in [0.2, 0.25) is 10.0 Å². The summed E-state index contributed by atoms with van der Waals surface area (Å²) in [6.07, 6.45) is 1.28. The summed E-state index contributed by atoms with van der Waals surface area (Å²) >= 11 is 3.22. The van der Waals surface area contributed by atoms with Crippen molar-refractivity contribution < 1.29 is 30.7 Å². The Morgan fingerprint density at radius 2 is 1.60 bits per heavy atom. The second-order valence-corrected chi connectivity index (χ2v) is 13.0. The van der Waals surface area contributed by atoms with E-state index < -0.39 is 42.9 Å². The lowest BCUT2D eigenvalue weighted by Crippen LogP contribution is -2.48. The lowest BCUT2D eigenvalue weighted by atomic mass is 10.1. The third-order valence-corrected chi connectivity index (χ3v) is 8.77. The second-order valence-electron chi connectivity index (χ2n) is 8.87. The van der Waals surface area contributed by atoms with E-state index >= 15 is 0 Å². The topological polar surface area (TPSA) is 174 Å². The number of hydrazone groups is 1. The van der Waals surface area contributed by atoms with E-state index in [0.29, 0.717) is 5.56 Å². The number of aryl methyl sites for hydroxylation is 1. The highest BCUT2D eigenvalue weighted by Gasteiger charge is 2.28. The summed E-state index contributed by atoms with van der Waals surface area (Å²) in [5, 5.41) is 14.7. The lowest BCUT2D eigenvalue weighted by Gasteiger charge is -2.20. The Morgan fingerprint density at radius 3 is 2.15 bits per heavy atom. The minimum Gasteiger partial charge on any atom is -0.378 e. The number of hydrogen-bond donors (Lipinski definition) is 2. The van der Waals surface area contributed by atoms with Crippen LogP contribution in [0.4, 0.5) is 5.69 Å². The van der Waals surface area contributed by atoms with Gasteiger partial charge in [0.15, 0.2) is 5.75 Å². The summed E-state index contributed by atoms with van der Waals surface area (Å²) in [6, 6.07) is 13.7. The Hall–Kier alpha value is -3.66. The number of carbonyl (C=O) groups is 1. The number of benzene rings is 3. The lowest BCUT2D eigenvalue weighted by molar-refractivity contribution is -0.384. The predicted molar refractivity (Wildman–Crippen MR) is 151 cm³/mol. The molecule has 0 aliphatic carbocycles. The number of amides is 1. The molecule has 3 aromatic carbocycles. The summed E-state index contributed by atoms with van der Waals surface area (Å²) < 4.78 is 58.4. The van der Waals surface area contributed by atoms with Crippen LogP contribution in [-0.4, -0.2) is 39.9 Å². The van der Waals surface area contributed by atoms with Crippen LogP contribution >= 0.6 is 15.9 Å². The summed E-state index contributed by atoms with van der Waals surface area (Å²) in [4.78, 5) is 22.6. The quantitative estimate of drug-likeness (QED) is 0.136. The first-order chi connectivity index (χ1) is 18.7. The number of nitrogens with one attached hydrogen (secondary N) is 2. The number of nitrogens with zero attached hydrogens (tertiary/aromatic N) is 2. The summed E-state index contributed by atoms with van der Waals surface area (Å²) in [5.74, 6) is -1.11. The average Bonchev–Trinajstić information content (AvgIpc) is 2.89. The number of carbonyl (C=O) groups excluding carboxylic acids is 1. The number of rotatable bonds is 11. The molecule has 0 heterocycles. The largest absolute Gasteiger partial charge is 0.378 e. The van der Waals surface area contributed by atoms with E-state index in [9.17, 15) is 31.7 Å². The number of hydrogen-bond acceptors (Lipinski definition) is 9. The molecule has 0 aliphatic heterocycles. The highest BCUT2D eigenvalue weighted by Crippen LogP contribution is 2.29. The molecule has 0 unspecified atom stereocenters. The smallest absolute Gasteiger partial charge is 0.339 e. The molecule has 0 spiro atoms. The van der Waals surface area contributed by atoms with Gasteiger partial charge in [-0.1, -0.05) is 31.5 Å². The molecule has 0 aromatic heterocycles. The molecule has 3 rings (SSSR count). The second kappa shape index (κ2) is 12.7. The Labute approximate surface area is 239 Å². The first-order valence-corrected chi connectivity index (χ1v) is 15.3. The molecule has 0 fully saturated rings. The van der Waals surface area contributed by atoms with E-state index in [1.807, 2.05) is 6.92 Å². The highest BCUT2D eigenvalue weighted by molar-refractivity contribution is 9.10. The van der Waals surface area contributed by atoms with Gasteiger partial charge in [-0.15, -0.1) is 0 Å². The van der Waals surface area contributed by atoms with Gasteiger partial charge in [0, 0.05) is 12.1 Å². The number of nitro benzene ring substituents is 1. The Balaban J connectivity index is 1.67. The first kappa shape index (κ1) is 30.9. The van der Waals surface area contributed by atoms with E-state index in [0.717, 1.165) is 29.8 Å². The maximum Gasteiger partial charge on any atom is 0.339 e. The van der Waals surface area contributed by atoms with E-state index in [1.54, 1.807) is 26.0 Å². The molecule has 1 atom stereocenters. The number of halogens is 1. The molecule has 12 nitrogen and oxygen atoms in total. The van der Waals surface area contributed by atoms with E-state index in [1.165, 1.54) is 36.5 Å². The molecule has 40 heavy (non-hydrogen) atoms. The van der Waals surface area contributed by atoms with Gasteiger partial charge in [-0.25, -0.2) is 13.8 Å². The maximum absolute atomic E-state index is 12.7. The van der Waals surface area contributed by atoms with Crippen LogP contribution in [-0.2, 0) is 24.9 Å². The van der Waals surface area contributed by atoms with Gasteiger partial charge < -0.3 is 4.18 Å². The van der Waals surface area contributed by atoms with Crippen LogP contribution in [0.3, 0.4) is 0 Å². The van der Waals surface area contributed by atoms with Crippen LogP contribution in [0.25, 0.3) is 0 Å². The third-order valence-electron chi connectivity index (χ3n) is 5.44. The van der Waals surface area contributed by atoms with Gasteiger partial charge in [0.25, 0.3) is 11.6 Å². The SMILES string of the molecule is Cc1ccc(S(=O)(=O)N[C@@H](C(=O)N/N=C\c2ccc(OS(=O)(=O)c3ccc([N+](=O)[O-])cc3)c(Br)c2)C(C)C)cc1. The van der Waals surface area contributed by atoms with Crippen molar-refractivity contribution in [2.75, 3.05) is 0 Å². The number of sulfonamides is 1. The zero-order valence-corrected chi connectivity index (χ0v) is 24.7. The first-order valence-electron chi connectivity index (χ1n) is 11.6. The van der Waals surface area contributed by atoms with Crippen molar-refractivity contribution in [2.24, 2.45) is 11.0 Å². The molecule has 0 saturated carbocycles. The fourth-order valence-electron chi connectivity index (χ4n) is 3.25. The standard InChI is InChI=1S/C25H25BrN4O8S2/c1-16(2)24(29-39(34,35)20-9-4-17(3)5-10-20)25(31)28-27-15-18-6-13-23(22(26)14-18)38-40(36,37)21-11-7-19(8-12-21)30(32)33/h4-16,24,29H,1-3H3,(H,28,31)/b27-15-/t24-/m1/s1. The zero-order chi connectivity index (χ0) is 29.7. The molecular formula is C25H25BrN4O8S2. The van der Waals surface area contributed by atoms with Crippen LogP contribution in [0.5, 0.6) is 5.75 Å². The molecule has 0 aliphatic rings. The summed E-state index contributed by atoms with van der Waals surface area (Å²) in [7, 11) is -8.23. The Bertz CT molecular complexity index is 1640. The molecule has 1 amide bonds. The van der Waals surface area contributed by atoms with Crippen molar-refractivity contribution in [2.45, 2.75) is 36.6 Å². The molecular weight excluding hydrogens is 628 g/mol. The minimum atomic E-state index is -4.27. The molecule has 3 aromatic rings. The maximum atomic E-state index is 12.7. The van der Waals surface area contributed by atoms with E-state index in [4.69, 9.17) is 4.18 Å². The summed E-state index contributed by atoms with van der Waals surface area (Å²) in [5.41, 5.74) is 3.40. The van der Waals surface area contributed by atoms with Gasteiger partial charge in [-0.2, -0.15) is 18.2 Å². The normalized spacial score (nSPS) is 12.8. The number of non-ortho nitro benzene ring substituents is 1. The van der Waals surface area contributed by atoms with Crippen molar-refractivity contribution in [3.63, 3.8) is 0 Å². The predicted octanol–water partition coefficient (Wildman–Crippen LogP) is 3.89. The molecule has 0 bridgehead atoms. The van der Waals surface area contributed by atoms with Crippen molar-refractivity contribution in [1.29, 1.82) is 0 Å². The molecule has 0 radical (unpaired) electrons. The highest BCUT2D eigenvalue weighted by atomic mass is 79.9. The van der Waals surface area contributed by atoms with Gasteiger partial charge in [0.05, 0.1) is 20.5 Å². The van der Waals surface area contributed by atoms with Crippen molar-refractivity contribution >= 4 is 53.9 Å². The van der Waals surface area contributed by atoms with Crippen LogP contribution < -0.4 is 14.3 Å². The van der Waals surface area contributed by atoms with Gasteiger partial charge in [-0.05, 0) is 76.8 Å². The van der Waals surface area contributed by atoms with Crippen LogP contribution in [0.15, 0.2) is 86.1 Å². The number of nitro groups is 1. The third kappa shape index (κ3) is 7.94. The van der Waals surface area contributed by atoms with Crippen molar-refractivity contribution in [3.05, 3.63) is 92.4 Å². The fraction of sp³-hybridized carbons (Fsp3) is 0.200. The fourth-order valence-corrected chi connectivity index (χ4v) is 6.13. The van der Waals surface area contributed by atoms with E-state index in [2.05, 4.69) is 31.2 Å². The minimum absolute atomic E-state index is 0.0304. The Morgan fingerprint density at radius 1 is 1.00 bits per heavy atom. The molecule has 2 N–H and O–H groups in total. The van der Waals surface area contributed by atoms with Crippen LogP contribution in [0.2, 0.25) is 0 Å². The van der Waals surface area contributed by atoms with Crippen LogP contribution in [0.1, 0.15) is 25.0 Å². The molecule has 15 heteroatoms. The van der Waals surface area contributed by atoms with Crippen molar-refractivity contribution in [1.82, 2.24) is 10.1 Å². The van der Waals surface area contributed by atoms with E-state index in [-0.39, 0.29) is 25.7 Å². The molecule has 0 saturated heterocycles. The summed E-state index contributed by atoms with van der Waals surface area (Å²) in [6.45, 7) is 5.20. The average molecular weight is 654 g/mol. The monoisotopic (exact) mass is 652 g/mol. The van der Waals surface area contributed by atoms with Crippen LogP contribution in [0, 0.1) is 23.0 Å². The van der Waals surface area contributed by atoms with Gasteiger partial charge >= 0.3 is 10.1 Å². The Kier molecular flexibility index (Phi) is 9.78. The van der Waals surface area contributed by atoms with Gasteiger partial charge in [-0.3, -0.25) is 14.9 Å². The zero-order valence-electron chi connectivity index (χ0n) is 21.4.